The topological polar surface area (TPSA) is 51.2 Å². The fourth-order valence-corrected chi connectivity index (χ4v) is 2.04. The highest BCUT2D eigenvalue weighted by atomic mass is 16.5. The Kier molecular flexibility index (Phi) is 2.97. The molecule has 0 unspecified atom stereocenters. The summed E-state index contributed by atoms with van der Waals surface area (Å²) in [7, 11) is 1.43. The average molecular weight is 206 g/mol. The number of carbonyl (C=O) groups is 1. The molecule has 0 saturated carbocycles. The number of carbonyl (C=O) groups excluding carboxylic acids is 1. The zero-order valence-corrected chi connectivity index (χ0v) is 8.64. The molecule has 2 atom stereocenters. The molecule has 0 aromatic carbocycles. The van der Waals surface area contributed by atoms with E-state index in [0.717, 1.165) is 12.1 Å². The maximum absolute atomic E-state index is 11.5. The minimum absolute atomic E-state index is 0.0719. The number of nitrogens with one attached hydrogen (secondary N) is 1. The predicted octanol–water partition coefficient (Wildman–Crippen LogP) is 0.558. The van der Waals surface area contributed by atoms with Gasteiger partial charge in [0.2, 0.25) is 0 Å². The molecule has 0 spiro atoms. The molecule has 4 nitrogen and oxygen atoms in total. The summed E-state index contributed by atoms with van der Waals surface area (Å²) in [4.78, 5) is 15.5. The van der Waals surface area contributed by atoms with Gasteiger partial charge >= 0.3 is 5.97 Å². The van der Waals surface area contributed by atoms with E-state index < -0.39 is 0 Å². The second-order valence-electron chi connectivity index (χ2n) is 3.67. The van der Waals surface area contributed by atoms with Gasteiger partial charge in [0, 0.05) is 31.4 Å². The van der Waals surface area contributed by atoms with E-state index in [9.17, 15) is 4.79 Å². The SMILES string of the molecule is COC(=O)[C@H]1CNC[C@H]1c1ccncc1. The van der Waals surface area contributed by atoms with E-state index in [0.29, 0.717) is 6.54 Å². The second-order valence-corrected chi connectivity index (χ2v) is 3.67. The fourth-order valence-electron chi connectivity index (χ4n) is 2.04. The Hall–Kier alpha value is -1.42. The zero-order chi connectivity index (χ0) is 10.7. The van der Waals surface area contributed by atoms with Gasteiger partial charge in [-0.15, -0.1) is 0 Å². The van der Waals surface area contributed by atoms with Crippen LogP contribution in [0.5, 0.6) is 0 Å². The van der Waals surface area contributed by atoms with Crippen LogP contribution in [0.2, 0.25) is 0 Å². The van der Waals surface area contributed by atoms with Crippen molar-refractivity contribution < 1.29 is 9.53 Å². The van der Waals surface area contributed by atoms with Gasteiger partial charge in [-0.05, 0) is 17.7 Å². The predicted molar refractivity (Wildman–Crippen MR) is 55.4 cm³/mol. The number of pyridine rings is 1. The number of rotatable bonds is 2. The van der Waals surface area contributed by atoms with Crippen LogP contribution in [0.1, 0.15) is 11.5 Å². The molecule has 0 radical (unpaired) electrons. The van der Waals surface area contributed by atoms with Crippen LogP contribution in [0.4, 0.5) is 0 Å². The summed E-state index contributed by atoms with van der Waals surface area (Å²) in [6, 6.07) is 3.90. The lowest BCUT2D eigenvalue weighted by Crippen LogP contribution is -2.22. The summed E-state index contributed by atoms with van der Waals surface area (Å²) in [5.41, 5.74) is 1.14. The van der Waals surface area contributed by atoms with Gasteiger partial charge in [0.1, 0.15) is 0 Å². The van der Waals surface area contributed by atoms with Gasteiger partial charge in [-0.25, -0.2) is 0 Å². The number of nitrogens with zero attached hydrogens (tertiary/aromatic N) is 1. The number of hydrogen-bond acceptors (Lipinski definition) is 4. The fraction of sp³-hybridized carbons (Fsp3) is 0.455. The van der Waals surface area contributed by atoms with Crippen molar-refractivity contribution >= 4 is 5.97 Å². The molecule has 0 amide bonds. The van der Waals surface area contributed by atoms with Crippen molar-refractivity contribution in [2.75, 3.05) is 20.2 Å². The Labute approximate surface area is 88.7 Å². The Balaban J connectivity index is 2.18. The van der Waals surface area contributed by atoms with Crippen LogP contribution in [-0.4, -0.2) is 31.2 Å². The van der Waals surface area contributed by atoms with Crippen LogP contribution in [0.3, 0.4) is 0 Å². The lowest BCUT2D eigenvalue weighted by atomic mass is 9.90. The molecule has 15 heavy (non-hydrogen) atoms. The van der Waals surface area contributed by atoms with E-state index in [2.05, 4.69) is 10.3 Å². The van der Waals surface area contributed by atoms with Crippen molar-refractivity contribution in [3.8, 4) is 0 Å². The lowest BCUT2D eigenvalue weighted by Gasteiger charge is -2.16. The summed E-state index contributed by atoms with van der Waals surface area (Å²) < 4.78 is 4.79. The van der Waals surface area contributed by atoms with E-state index in [1.54, 1.807) is 12.4 Å². The summed E-state index contributed by atoms with van der Waals surface area (Å²) in [6.07, 6.45) is 3.50. The van der Waals surface area contributed by atoms with Gasteiger partial charge in [-0.3, -0.25) is 9.78 Å². The first-order valence-electron chi connectivity index (χ1n) is 5.01. The normalized spacial score (nSPS) is 25.1. The van der Waals surface area contributed by atoms with Crippen LogP contribution in [0, 0.1) is 5.92 Å². The highest BCUT2D eigenvalue weighted by molar-refractivity contribution is 5.74. The maximum Gasteiger partial charge on any atom is 0.310 e. The third-order valence-corrected chi connectivity index (χ3v) is 2.85. The summed E-state index contributed by atoms with van der Waals surface area (Å²) in [5.74, 6) is -0.000313. The van der Waals surface area contributed by atoms with Crippen LogP contribution >= 0.6 is 0 Å². The molecule has 1 fully saturated rings. The first kappa shape index (κ1) is 10.1. The van der Waals surface area contributed by atoms with E-state index in [1.165, 1.54) is 7.11 Å². The standard InChI is InChI=1S/C11H14N2O2/c1-15-11(14)10-7-13-6-9(10)8-2-4-12-5-3-8/h2-5,9-10,13H,6-7H2,1H3/t9-,10-/m0/s1. The van der Waals surface area contributed by atoms with Crippen molar-refractivity contribution in [2.24, 2.45) is 5.92 Å². The quantitative estimate of drug-likeness (QED) is 0.718. The second kappa shape index (κ2) is 4.40. The first-order valence-corrected chi connectivity index (χ1v) is 5.01. The molecule has 1 aromatic rings. The number of methoxy groups -OCH3 is 1. The maximum atomic E-state index is 11.5. The number of aromatic nitrogens is 1. The Morgan fingerprint density at radius 1 is 1.47 bits per heavy atom. The first-order chi connectivity index (χ1) is 7.33. The lowest BCUT2D eigenvalue weighted by molar-refractivity contribution is -0.145. The van der Waals surface area contributed by atoms with Gasteiger partial charge in [0.05, 0.1) is 13.0 Å². The minimum atomic E-state index is -0.137. The van der Waals surface area contributed by atoms with Crippen molar-refractivity contribution in [1.82, 2.24) is 10.3 Å². The van der Waals surface area contributed by atoms with Crippen LogP contribution in [-0.2, 0) is 9.53 Å². The molecule has 2 heterocycles. The molecule has 1 N–H and O–H groups in total. The van der Waals surface area contributed by atoms with Crippen molar-refractivity contribution in [3.05, 3.63) is 30.1 Å². The minimum Gasteiger partial charge on any atom is -0.469 e. The number of ether oxygens (including phenoxy) is 1. The highest BCUT2D eigenvalue weighted by Gasteiger charge is 2.34. The van der Waals surface area contributed by atoms with Crippen molar-refractivity contribution in [2.45, 2.75) is 5.92 Å². The molecule has 1 aliphatic rings. The van der Waals surface area contributed by atoms with Gasteiger partial charge in [0.15, 0.2) is 0 Å². The van der Waals surface area contributed by atoms with Crippen LogP contribution in [0.25, 0.3) is 0 Å². The summed E-state index contributed by atoms with van der Waals surface area (Å²) in [5, 5.41) is 3.21. The Bertz CT molecular complexity index is 340. The van der Waals surface area contributed by atoms with E-state index >= 15 is 0 Å². The van der Waals surface area contributed by atoms with Crippen molar-refractivity contribution in [1.29, 1.82) is 0 Å². The highest BCUT2D eigenvalue weighted by Crippen LogP contribution is 2.28. The largest absolute Gasteiger partial charge is 0.469 e. The molecule has 0 bridgehead atoms. The third kappa shape index (κ3) is 1.99. The van der Waals surface area contributed by atoms with Crippen LogP contribution in [0.15, 0.2) is 24.5 Å². The Morgan fingerprint density at radius 2 is 2.20 bits per heavy atom. The van der Waals surface area contributed by atoms with E-state index in [4.69, 9.17) is 4.74 Å². The Morgan fingerprint density at radius 3 is 2.87 bits per heavy atom. The van der Waals surface area contributed by atoms with E-state index in [1.807, 2.05) is 12.1 Å². The zero-order valence-electron chi connectivity index (χ0n) is 8.64. The van der Waals surface area contributed by atoms with Crippen molar-refractivity contribution in [3.63, 3.8) is 0 Å². The number of esters is 1. The van der Waals surface area contributed by atoms with Gasteiger partial charge in [-0.1, -0.05) is 0 Å². The number of hydrogen-bond donors (Lipinski definition) is 1. The molecule has 0 aliphatic carbocycles. The molecular weight excluding hydrogens is 192 g/mol. The van der Waals surface area contributed by atoms with Crippen LogP contribution < -0.4 is 5.32 Å². The molecule has 1 saturated heterocycles. The van der Waals surface area contributed by atoms with E-state index in [-0.39, 0.29) is 17.8 Å². The molecule has 80 valence electrons. The summed E-state index contributed by atoms with van der Waals surface area (Å²) >= 11 is 0. The van der Waals surface area contributed by atoms with Gasteiger partial charge in [0.25, 0.3) is 0 Å². The molecule has 2 rings (SSSR count). The molecule has 1 aliphatic heterocycles. The summed E-state index contributed by atoms with van der Waals surface area (Å²) in [6.45, 7) is 1.52. The average Bonchev–Trinajstić information content (AvgIpc) is 2.78. The van der Waals surface area contributed by atoms with Gasteiger partial charge in [-0.2, -0.15) is 0 Å². The third-order valence-electron chi connectivity index (χ3n) is 2.85. The monoisotopic (exact) mass is 206 g/mol. The molecular formula is C11H14N2O2. The smallest absolute Gasteiger partial charge is 0.310 e. The molecule has 1 aromatic heterocycles. The molecule has 4 heteroatoms. The van der Waals surface area contributed by atoms with Gasteiger partial charge < -0.3 is 10.1 Å².